The molecule has 0 saturated carbocycles. The van der Waals surface area contributed by atoms with Crippen LogP contribution in [0.2, 0.25) is 0 Å². The number of amides is 1. The zero-order chi connectivity index (χ0) is 16.2. The van der Waals surface area contributed by atoms with E-state index in [0.717, 1.165) is 51.3 Å². The van der Waals surface area contributed by atoms with Crippen LogP contribution in [0.15, 0.2) is 0 Å². The van der Waals surface area contributed by atoms with Crippen LogP contribution in [0.1, 0.15) is 41.6 Å². The molecule has 0 spiro atoms. The van der Waals surface area contributed by atoms with Crippen LogP contribution >= 0.6 is 0 Å². The Hall–Kier alpha value is -1.51. The van der Waals surface area contributed by atoms with Gasteiger partial charge in [-0.05, 0) is 39.4 Å². The zero-order valence-electron chi connectivity index (χ0n) is 13.7. The number of hydrogen-bond acceptors (Lipinski definition) is 6. The first kappa shape index (κ1) is 16.4. The van der Waals surface area contributed by atoms with Crippen LogP contribution in [0.3, 0.4) is 0 Å². The Morgan fingerprint density at radius 1 is 1.35 bits per heavy atom. The molecule has 2 aliphatic heterocycles. The summed E-state index contributed by atoms with van der Waals surface area (Å²) in [6.07, 6.45) is 2.68. The summed E-state index contributed by atoms with van der Waals surface area (Å²) >= 11 is 0. The van der Waals surface area contributed by atoms with Gasteiger partial charge in [-0.25, -0.2) is 4.98 Å². The number of nitrogens with zero attached hydrogens (tertiary/aromatic N) is 4. The van der Waals surface area contributed by atoms with Crippen LogP contribution in [0.5, 0.6) is 0 Å². The standard InChI is InChI=1S/C15H26N6O2/c1-20-6-2-11(3-7-20)13-17-14(19-18-13)15(23)16-5-9-21-8-4-12(22)10-21/h11-12,22H,2-10H2,1H3,(H,16,23)(H,17,18,19)/t12-/m0/s1. The SMILES string of the molecule is CN1CCC(c2nc(C(=O)NCCN3CC[C@H](O)C3)n[nH]2)CC1. The number of carbonyl (C=O) groups is 1. The second-order valence-electron chi connectivity index (χ2n) is 6.62. The maximum Gasteiger partial charge on any atom is 0.291 e. The molecule has 2 fully saturated rings. The third-order valence-electron chi connectivity index (χ3n) is 4.77. The highest BCUT2D eigenvalue weighted by atomic mass is 16.3. The van der Waals surface area contributed by atoms with Gasteiger partial charge in [-0.2, -0.15) is 0 Å². The molecule has 2 aliphatic rings. The molecular weight excluding hydrogens is 296 g/mol. The summed E-state index contributed by atoms with van der Waals surface area (Å²) < 4.78 is 0. The largest absolute Gasteiger partial charge is 0.392 e. The zero-order valence-corrected chi connectivity index (χ0v) is 13.7. The number of piperidine rings is 1. The fourth-order valence-corrected chi connectivity index (χ4v) is 3.26. The van der Waals surface area contributed by atoms with Crippen molar-refractivity contribution in [1.29, 1.82) is 0 Å². The lowest BCUT2D eigenvalue weighted by atomic mass is 9.97. The average Bonchev–Trinajstić information content (AvgIpc) is 3.17. The number of aromatic nitrogens is 3. The quantitative estimate of drug-likeness (QED) is 0.670. The maximum atomic E-state index is 12.1. The van der Waals surface area contributed by atoms with Crippen molar-refractivity contribution < 1.29 is 9.90 Å². The lowest BCUT2D eigenvalue weighted by Crippen LogP contribution is -2.34. The first-order chi connectivity index (χ1) is 11.1. The second-order valence-corrected chi connectivity index (χ2v) is 6.62. The number of aromatic amines is 1. The molecule has 0 aliphatic carbocycles. The van der Waals surface area contributed by atoms with Gasteiger partial charge in [0.25, 0.3) is 5.91 Å². The monoisotopic (exact) mass is 322 g/mol. The van der Waals surface area contributed by atoms with E-state index in [1.54, 1.807) is 0 Å². The molecule has 1 amide bonds. The molecule has 2 saturated heterocycles. The van der Waals surface area contributed by atoms with Gasteiger partial charge in [-0.3, -0.25) is 14.8 Å². The van der Waals surface area contributed by atoms with E-state index in [0.29, 0.717) is 19.0 Å². The van der Waals surface area contributed by atoms with Crippen molar-refractivity contribution in [2.75, 3.05) is 46.3 Å². The van der Waals surface area contributed by atoms with Crippen molar-refractivity contribution in [2.24, 2.45) is 0 Å². The second kappa shape index (κ2) is 7.37. The summed E-state index contributed by atoms with van der Waals surface area (Å²) in [5, 5.41) is 19.3. The Morgan fingerprint density at radius 3 is 2.83 bits per heavy atom. The van der Waals surface area contributed by atoms with Gasteiger partial charge in [0, 0.05) is 32.1 Å². The number of likely N-dealkylation sites (tertiary alicyclic amines) is 2. The minimum atomic E-state index is -0.236. The Kier molecular flexibility index (Phi) is 5.24. The molecule has 1 aromatic rings. The van der Waals surface area contributed by atoms with Gasteiger partial charge < -0.3 is 15.3 Å². The fourth-order valence-electron chi connectivity index (χ4n) is 3.26. The molecule has 1 aromatic heterocycles. The van der Waals surface area contributed by atoms with E-state index in [-0.39, 0.29) is 17.8 Å². The van der Waals surface area contributed by atoms with E-state index in [2.05, 4.69) is 37.3 Å². The normalized spacial score (nSPS) is 24.2. The molecule has 3 heterocycles. The number of nitrogens with one attached hydrogen (secondary N) is 2. The molecule has 8 heteroatoms. The van der Waals surface area contributed by atoms with Gasteiger partial charge in [0.15, 0.2) is 0 Å². The van der Waals surface area contributed by atoms with E-state index >= 15 is 0 Å². The number of rotatable bonds is 5. The van der Waals surface area contributed by atoms with Gasteiger partial charge in [0.05, 0.1) is 6.10 Å². The molecule has 0 unspecified atom stereocenters. The van der Waals surface area contributed by atoms with Crippen molar-refractivity contribution in [3.63, 3.8) is 0 Å². The highest BCUT2D eigenvalue weighted by Gasteiger charge is 2.23. The lowest BCUT2D eigenvalue weighted by Gasteiger charge is -2.27. The van der Waals surface area contributed by atoms with Crippen LogP contribution in [0.25, 0.3) is 0 Å². The minimum Gasteiger partial charge on any atom is -0.392 e. The maximum absolute atomic E-state index is 12.1. The smallest absolute Gasteiger partial charge is 0.291 e. The highest BCUT2D eigenvalue weighted by molar-refractivity contribution is 5.90. The van der Waals surface area contributed by atoms with Gasteiger partial charge in [0.2, 0.25) is 5.82 Å². The predicted octanol–water partition coefficient (Wildman–Crippen LogP) is -0.590. The third kappa shape index (κ3) is 4.27. The van der Waals surface area contributed by atoms with Gasteiger partial charge in [-0.15, -0.1) is 5.10 Å². The Balaban J connectivity index is 1.44. The summed E-state index contributed by atoms with van der Waals surface area (Å²) in [7, 11) is 2.12. The summed E-state index contributed by atoms with van der Waals surface area (Å²) in [5.74, 6) is 1.18. The van der Waals surface area contributed by atoms with Crippen LogP contribution in [-0.2, 0) is 0 Å². The van der Waals surface area contributed by atoms with E-state index in [1.165, 1.54) is 0 Å². The highest BCUT2D eigenvalue weighted by Crippen LogP contribution is 2.24. The molecule has 1 atom stereocenters. The van der Waals surface area contributed by atoms with E-state index in [1.807, 2.05) is 0 Å². The summed E-state index contributed by atoms with van der Waals surface area (Å²) in [5.41, 5.74) is 0. The Bertz CT molecular complexity index is 526. The van der Waals surface area contributed by atoms with E-state index in [9.17, 15) is 9.90 Å². The van der Waals surface area contributed by atoms with Crippen LogP contribution < -0.4 is 5.32 Å². The molecule has 0 bridgehead atoms. The van der Waals surface area contributed by atoms with Crippen molar-refractivity contribution in [2.45, 2.75) is 31.3 Å². The summed E-state index contributed by atoms with van der Waals surface area (Å²) in [6, 6.07) is 0. The van der Waals surface area contributed by atoms with Crippen LogP contribution in [-0.4, -0.2) is 88.4 Å². The number of aliphatic hydroxyl groups is 1. The summed E-state index contributed by atoms with van der Waals surface area (Å²) in [4.78, 5) is 20.9. The van der Waals surface area contributed by atoms with E-state index in [4.69, 9.17) is 0 Å². The molecule has 3 N–H and O–H groups in total. The Morgan fingerprint density at radius 2 is 2.13 bits per heavy atom. The summed E-state index contributed by atoms with van der Waals surface area (Å²) in [6.45, 7) is 4.97. The topological polar surface area (TPSA) is 97.4 Å². The van der Waals surface area contributed by atoms with Gasteiger partial charge in [0.1, 0.15) is 5.82 Å². The van der Waals surface area contributed by atoms with Crippen molar-refractivity contribution >= 4 is 5.91 Å². The number of β-amino-alcohol motifs (C(OH)–C–C–N with tert-alkyl or cyclic N) is 1. The van der Waals surface area contributed by atoms with Crippen molar-refractivity contribution in [3.8, 4) is 0 Å². The van der Waals surface area contributed by atoms with Crippen LogP contribution in [0.4, 0.5) is 0 Å². The molecule has 8 nitrogen and oxygen atoms in total. The molecule has 128 valence electrons. The third-order valence-corrected chi connectivity index (χ3v) is 4.77. The lowest BCUT2D eigenvalue weighted by molar-refractivity contribution is 0.0939. The minimum absolute atomic E-state index is 0.223. The first-order valence-electron chi connectivity index (χ1n) is 8.41. The molecule has 23 heavy (non-hydrogen) atoms. The van der Waals surface area contributed by atoms with Gasteiger partial charge >= 0.3 is 0 Å². The fraction of sp³-hybridized carbons (Fsp3) is 0.800. The van der Waals surface area contributed by atoms with Crippen molar-refractivity contribution in [3.05, 3.63) is 11.6 Å². The number of carbonyl (C=O) groups excluding carboxylic acids is 1. The molecule has 3 rings (SSSR count). The first-order valence-corrected chi connectivity index (χ1v) is 8.41. The predicted molar refractivity (Wildman–Crippen MR) is 85.3 cm³/mol. The van der Waals surface area contributed by atoms with Crippen molar-refractivity contribution in [1.82, 2.24) is 30.3 Å². The Labute approximate surface area is 136 Å². The molecule has 0 aromatic carbocycles. The van der Waals surface area contributed by atoms with Crippen LogP contribution in [0, 0.1) is 0 Å². The average molecular weight is 322 g/mol. The van der Waals surface area contributed by atoms with E-state index < -0.39 is 0 Å². The number of hydrogen-bond donors (Lipinski definition) is 3. The molecular formula is C15H26N6O2. The molecule has 0 radical (unpaired) electrons. The number of aliphatic hydroxyl groups excluding tert-OH is 1. The number of H-pyrrole nitrogens is 1. The van der Waals surface area contributed by atoms with Gasteiger partial charge in [-0.1, -0.05) is 0 Å².